The summed E-state index contributed by atoms with van der Waals surface area (Å²) in [6, 6.07) is 0. The van der Waals surface area contributed by atoms with E-state index < -0.39 is 9.84 Å². The Hall–Kier alpha value is -1.44. The highest BCUT2D eigenvalue weighted by Crippen LogP contribution is 2.37. The van der Waals surface area contributed by atoms with Gasteiger partial charge in [0.2, 0.25) is 5.82 Å². The Labute approximate surface area is 111 Å². The molecular weight excluding hydrogens is 268 g/mol. The number of rotatable bonds is 4. The molecule has 19 heavy (non-hydrogen) atoms. The van der Waals surface area contributed by atoms with Crippen LogP contribution in [-0.2, 0) is 9.84 Å². The third kappa shape index (κ3) is 2.94. The number of sulfone groups is 1. The molecular formula is C11H16N4O3S. The predicted molar refractivity (Wildman–Crippen MR) is 67.5 cm³/mol. The van der Waals surface area contributed by atoms with Crippen molar-refractivity contribution in [2.45, 2.75) is 25.2 Å². The first kappa shape index (κ1) is 12.6. The second-order valence-corrected chi connectivity index (χ2v) is 7.53. The van der Waals surface area contributed by atoms with E-state index in [0.29, 0.717) is 18.9 Å². The summed E-state index contributed by atoms with van der Waals surface area (Å²) < 4.78 is 22.6. The Morgan fingerprint density at radius 3 is 2.79 bits per heavy atom. The molecule has 0 bridgehead atoms. The Kier molecular flexibility index (Phi) is 3.04. The molecule has 7 nitrogen and oxygen atoms in total. The van der Waals surface area contributed by atoms with Crippen LogP contribution in [0.4, 0.5) is 0 Å². The van der Waals surface area contributed by atoms with Crippen LogP contribution in [0.2, 0.25) is 0 Å². The fourth-order valence-electron chi connectivity index (χ4n) is 2.26. The number of amides is 1. The predicted octanol–water partition coefficient (Wildman–Crippen LogP) is -0.153. The van der Waals surface area contributed by atoms with Gasteiger partial charge in [0, 0.05) is 12.5 Å². The molecule has 1 aromatic rings. The first-order valence-corrected chi connectivity index (χ1v) is 8.26. The third-order valence-electron chi connectivity index (χ3n) is 3.55. The Morgan fingerprint density at radius 1 is 1.37 bits per heavy atom. The smallest absolute Gasteiger partial charge is 0.290 e. The van der Waals surface area contributed by atoms with Gasteiger partial charge in [-0.3, -0.25) is 9.89 Å². The molecule has 8 heteroatoms. The highest BCUT2D eigenvalue weighted by Gasteiger charge is 2.30. The van der Waals surface area contributed by atoms with Crippen molar-refractivity contribution in [1.82, 2.24) is 20.5 Å². The molecule has 2 N–H and O–H groups in total. The zero-order valence-electron chi connectivity index (χ0n) is 10.4. The normalized spacial score (nSPS) is 25.4. The van der Waals surface area contributed by atoms with E-state index in [-0.39, 0.29) is 29.2 Å². The van der Waals surface area contributed by atoms with Gasteiger partial charge in [-0.25, -0.2) is 13.4 Å². The standard InChI is InChI=1S/C11H16N4O3S/c16-11(10-13-9(14-15-10)8-1-2-8)12-5-7-3-4-19(17,18)6-7/h7-8H,1-6H2,(H,12,16)(H,13,14,15). The fraction of sp³-hybridized carbons (Fsp3) is 0.727. The van der Waals surface area contributed by atoms with E-state index >= 15 is 0 Å². The van der Waals surface area contributed by atoms with Crippen molar-refractivity contribution in [3.8, 4) is 0 Å². The quantitative estimate of drug-likeness (QED) is 0.799. The van der Waals surface area contributed by atoms with Gasteiger partial charge in [0.15, 0.2) is 9.84 Å². The largest absolute Gasteiger partial charge is 0.349 e. The lowest BCUT2D eigenvalue weighted by Crippen LogP contribution is -2.30. The molecule has 3 rings (SSSR count). The van der Waals surface area contributed by atoms with Gasteiger partial charge in [-0.15, -0.1) is 5.10 Å². The van der Waals surface area contributed by atoms with Crippen molar-refractivity contribution in [3.05, 3.63) is 11.6 Å². The second kappa shape index (κ2) is 4.59. The SMILES string of the molecule is O=C(NCC1CCS(=O)(=O)C1)c1n[nH]c(C2CC2)n1. The van der Waals surface area contributed by atoms with Gasteiger partial charge in [-0.2, -0.15) is 0 Å². The highest BCUT2D eigenvalue weighted by atomic mass is 32.2. The van der Waals surface area contributed by atoms with Crippen LogP contribution in [0.3, 0.4) is 0 Å². The van der Waals surface area contributed by atoms with Gasteiger partial charge in [-0.05, 0) is 25.2 Å². The first-order valence-electron chi connectivity index (χ1n) is 6.44. The lowest BCUT2D eigenvalue weighted by Gasteiger charge is -2.07. The molecule has 2 fully saturated rings. The molecule has 1 unspecified atom stereocenters. The summed E-state index contributed by atoms with van der Waals surface area (Å²) in [5.41, 5.74) is 0. The van der Waals surface area contributed by atoms with Crippen LogP contribution in [0.1, 0.15) is 41.6 Å². The number of aromatic amines is 1. The molecule has 1 aliphatic heterocycles. The summed E-state index contributed by atoms with van der Waals surface area (Å²) in [5, 5.41) is 9.36. The van der Waals surface area contributed by atoms with Gasteiger partial charge in [0.25, 0.3) is 5.91 Å². The minimum atomic E-state index is -2.90. The second-order valence-electron chi connectivity index (χ2n) is 5.30. The minimum absolute atomic E-state index is 0.00999. The maximum Gasteiger partial charge on any atom is 0.290 e. The Balaban J connectivity index is 1.53. The van der Waals surface area contributed by atoms with Crippen LogP contribution < -0.4 is 5.32 Å². The number of hydrogen-bond acceptors (Lipinski definition) is 5. The molecule has 1 amide bonds. The molecule has 1 aromatic heterocycles. The van der Waals surface area contributed by atoms with E-state index in [4.69, 9.17) is 0 Å². The van der Waals surface area contributed by atoms with Crippen molar-refractivity contribution in [3.63, 3.8) is 0 Å². The van der Waals surface area contributed by atoms with E-state index in [1.165, 1.54) is 0 Å². The lowest BCUT2D eigenvalue weighted by atomic mass is 10.1. The van der Waals surface area contributed by atoms with E-state index in [9.17, 15) is 13.2 Å². The minimum Gasteiger partial charge on any atom is -0.349 e. The van der Waals surface area contributed by atoms with Crippen molar-refractivity contribution >= 4 is 15.7 Å². The lowest BCUT2D eigenvalue weighted by molar-refractivity contribution is 0.0938. The molecule has 2 aliphatic rings. The summed E-state index contributed by atoms with van der Waals surface area (Å²) in [5.74, 6) is 1.39. The molecule has 104 valence electrons. The monoisotopic (exact) mass is 284 g/mol. The molecule has 0 spiro atoms. The van der Waals surface area contributed by atoms with Crippen LogP contribution in [0.5, 0.6) is 0 Å². The first-order chi connectivity index (χ1) is 9.03. The third-order valence-corrected chi connectivity index (χ3v) is 5.38. The van der Waals surface area contributed by atoms with E-state index in [1.807, 2.05) is 0 Å². The summed E-state index contributed by atoms with van der Waals surface area (Å²) in [7, 11) is -2.90. The van der Waals surface area contributed by atoms with Crippen molar-refractivity contribution in [2.24, 2.45) is 5.92 Å². The van der Waals surface area contributed by atoms with Gasteiger partial charge >= 0.3 is 0 Å². The van der Waals surface area contributed by atoms with Crippen LogP contribution in [0.15, 0.2) is 0 Å². The van der Waals surface area contributed by atoms with Crippen LogP contribution in [0.25, 0.3) is 0 Å². The average molecular weight is 284 g/mol. The van der Waals surface area contributed by atoms with Crippen molar-refractivity contribution < 1.29 is 13.2 Å². The maximum atomic E-state index is 11.8. The molecule has 2 heterocycles. The zero-order valence-corrected chi connectivity index (χ0v) is 11.2. The zero-order chi connectivity index (χ0) is 13.5. The molecule has 0 radical (unpaired) electrons. The number of aromatic nitrogens is 3. The topological polar surface area (TPSA) is 105 Å². The summed E-state index contributed by atoms with van der Waals surface area (Å²) in [4.78, 5) is 16.0. The van der Waals surface area contributed by atoms with Gasteiger partial charge < -0.3 is 5.32 Å². The van der Waals surface area contributed by atoms with Crippen molar-refractivity contribution in [1.29, 1.82) is 0 Å². The van der Waals surface area contributed by atoms with Crippen LogP contribution in [0, 0.1) is 5.92 Å². The fourth-order valence-corrected chi connectivity index (χ4v) is 4.13. The number of nitrogens with zero attached hydrogens (tertiary/aromatic N) is 2. The number of carbonyl (C=O) groups is 1. The molecule has 0 aromatic carbocycles. The van der Waals surface area contributed by atoms with E-state index in [2.05, 4.69) is 20.5 Å². The van der Waals surface area contributed by atoms with Crippen LogP contribution >= 0.6 is 0 Å². The molecule has 1 saturated carbocycles. The summed E-state index contributed by atoms with van der Waals surface area (Å²) in [6.07, 6.45) is 2.80. The molecule has 1 atom stereocenters. The Bertz CT molecular complexity index is 591. The number of hydrogen-bond donors (Lipinski definition) is 2. The van der Waals surface area contributed by atoms with E-state index in [1.54, 1.807) is 0 Å². The van der Waals surface area contributed by atoms with Gasteiger partial charge in [0.05, 0.1) is 11.5 Å². The van der Waals surface area contributed by atoms with Crippen LogP contribution in [-0.4, -0.2) is 47.6 Å². The summed E-state index contributed by atoms with van der Waals surface area (Å²) in [6.45, 7) is 0.366. The van der Waals surface area contributed by atoms with E-state index in [0.717, 1.165) is 18.7 Å². The summed E-state index contributed by atoms with van der Waals surface area (Å²) >= 11 is 0. The number of H-pyrrole nitrogens is 1. The molecule has 1 aliphatic carbocycles. The molecule has 1 saturated heterocycles. The maximum absolute atomic E-state index is 11.8. The highest BCUT2D eigenvalue weighted by molar-refractivity contribution is 7.91. The van der Waals surface area contributed by atoms with Gasteiger partial charge in [0.1, 0.15) is 5.82 Å². The number of nitrogens with one attached hydrogen (secondary N) is 2. The Morgan fingerprint density at radius 2 is 2.16 bits per heavy atom. The average Bonchev–Trinajstić information content (AvgIpc) is 2.98. The van der Waals surface area contributed by atoms with Gasteiger partial charge in [-0.1, -0.05) is 0 Å². The number of carbonyl (C=O) groups excluding carboxylic acids is 1. The van der Waals surface area contributed by atoms with Crippen molar-refractivity contribution in [2.75, 3.05) is 18.1 Å².